The summed E-state index contributed by atoms with van der Waals surface area (Å²) in [6.07, 6.45) is 5.60. The van der Waals surface area contributed by atoms with Gasteiger partial charge in [-0.1, -0.05) is 18.2 Å². The molecule has 2 heterocycles. The predicted octanol–water partition coefficient (Wildman–Crippen LogP) is 4.72. The van der Waals surface area contributed by atoms with Gasteiger partial charge in [-0.05, 0) is 60.5 Å². The number of hydrogen-bond acceptors (Lipinski definition) is 2. The monoisotopic (exact) mass is 387 g/mol. The van der Waals surface area contributed by atoms with E-state index in [9.17, 15) is 4.79 Å². The van der Waals surface area contributed by atoms with Crippen LogP contribution in [-0.2, 0) is 17.8 Å². The van der Waals surface area contributed by atoms with Crippen molar-refractivity contribution in [3.8, 4) is 5.75 Å². The summed E-state index contributed by atoms with van der Waals surface area (Å²) in [5.74, 6) is 0.960. The van der Waals surface area contributed by atoms with Crippen LogP contribution in [0.1, 0.15) is 36.6 Å². The molecule has 0 saturated carbocycles. The van der Waals surface area contributed by atoms with Crippen LogP contribution in [0.2, 0.25) is 0 Å². The molecule has 1 amide bonds. The van der Waals surface area contributed by atoms with Crippen molar-refractivity contribution >= 4 is 27.7 Å². The van der Waals surface area contributed by atoms with E-state index < -0.39 is 0 Å². The molecule has 1 aliphatic carbocycles. The molecule has 2 aromatic carbocycles. The fraction of sp³-hybridized carbons (Fsp3) is 0.292. The van der Waals surface area contributed by atoms with Crippen molar-refractivity contribution in [1.82, 2.24) is 14.9 Å². The van der Waals surface area contributed by atoms with Gasteiger partial charge in [0.2, 0.25) is 5.91 Å². The van der Waals surface area contributed by atoms with E-state index in [4.69, 9.17) is 4.74 Å². The Labute approximate surface area is 169 Å². The smallest absolute Gasteiger partial charge is 0.222 e. The van der Waals surface area contributed by atoms with Gasteiger partial charge in [-0.25, -0.2) is 0 Å². The maximum absolute atomic E-state index is 12.7. The van der Waals surface area contributed by atoms with E-state index in [1.807, 2.05) is 18.2 Å². The maximum Gasteiger partial charge on any atom is 0.222 e. The number of methoxy groups -OCH3 is 1. The van der Waals surface area contributed by atoms with Crippen LogP contribution in [0.15, 0.2) is 54.7 Å². The van der Waals surface area contributed by atoms with Crippen molar-refractivity contribution in [1.29, 1.82) is 0 Å². The fourth-order valence-corrected chi connectivity index (χ4v) is 4.54. The van der Waals surface area contributed by atoms with Crippen molar-refractivity contribution in [3.63, 3.8) is 0 Å². The second kappa shape index (κ2) is 7.32. The Morgan fingerprint density at radius 3 is 3.03 bits per heavy atom. The number of carbonyl (C=O) groups excluding carboxylic acids is 1. The average Bonchev–Trinajstić information content (AvgIpc) is 3.34. The van der Waals surface area contributed by atoms with Gasteiger partial charge in [0.15, 0.2) is 0 Å². The molecule has 0 fully saturated rings. The lowest BCUT2D eigenvalue weighted by Crippen LogP contribution is -2.31. The summed E-state index contributed by atoms with van der Waals surface area (Å²) in [5, 5.41) is 5.67. The molecule has 1 aliphatic rings. The number of amides is 1. The van der Waals surface area contributed by atoms with Crippen molar-refractivity contribution in [3.05, 3.63) is 66.0 Å². The number of aromatic amines is 1. The molecule has 5 nitrogen and oxygen atoms in total. The lowest BCUT2D eigenvalue weighted by Gasteiger charge is -2.24. The van der Waals surface area contributed by atoms with E-state index in [0.29, 0.717) is 13.0 Å². The third-order valence-corrected chi connectivity index (χ3v) is 6.01. The summed E-state index contributed by atoms with van der Waals surface area (Å²) in [4.78, 5) is 16.3. The average molecular weight is 387 g/mol. The molecular formula is C24H25N3O2. The van der Waals surface area contributed by atoms with E-state index in [1.165, 1.54) is 21.9 Å². The first-order valence-corrected chi connectivity index (χ1v) is 10.2. The normalized spacial score (nSPS) is 16.1. The van der Waals surface area contributed by atoms with Gasteiger partial charge in [0, 0.05) is 41.3 Å². The van der Waals surface area contributed by atoms with Gasteiger partial charge in [-0.2, -0.15) is 0 Å². The first-order chi connectivity index (χ1) is 14.2. The van der Waals surface area contributed by atoms with E-state index in [-0.39, 0.29) is 11.9 Å². The van der Waals surface area contributed by atoms with Gasteiger partial charge in [0.25, 0.3) is 0 Å². The van der Waals surface area contributed by atoms with E-state index >= 15 is 0 Å². The molecule has 0 spiro atoms. The van der Waals surface area contributed by atoms with Crippen LogP contribution in [0.25, 0.3) is 21.8 Å². The Balaban J connectivity index is 1.31. The summed E-state index contributed by atoms with van der Waals surface area (Å²) in [7, 11) is 1.69. The number of para-hydroxylation sites is 1. The number of ether oxygens (including phenoxy) is 1. The van der Waals surface area contributed by atoms with Gasteiger partial charge in [-0.15, -0.1) is 0 Å². The van der Waals surface area contributed by atoms with Crippen molar-refractivity contribution in [2.45, 2.75) is 38.3 Å². The number of nitrogens with one attached hydrogen (secondary N) is 2. The number of fused-ring (bicyclic) bond motifs is 4. The zero-order valence-electron chi connectivity index (χ0n) is 16.6. The molecule has 5 heteroatoms. The summed E-state index contributed by atoms with van der Waals surface area (Å²) < 4.78 is 7.54. The molecule has 5 rings (SSSR count). The molecule has 0 saturated heterocycles. The molecule has 1 atom stereocenters. The maximum atomic E-state index is 12.7. The number of H-pyrrole nitrogens is 1. The van der Waals surface area contributed by atoms with Crippen LogP contribution in [0.3, 0.4) is 0 Å². The molecule has 0 bridgehead atoms. The minimum Gasteiger partial charge on any atom is -0.497 e. The summed E-state index contributed by atoms with van der Waals surface area (Å²) in [5.41, 5.74) is 4.74. The molecule has 2 aromatic heterocycles. The fourth-order valence-electron chi connectivity index (χ4n) is 4.54. The second-order valence-electron chi connectivity index (χ2n) is 7.76. The number of hydrogen-bond donors (Lipinski definition) is 2. The number of aromatic nitrogens is 2. The Kier molecular flexibility index (Phi) is 4.51. The lowest BCUT2D eigenvalue weighted by atomic mass is 9.91. The Morgan fingerprint density at radius 2 is 2.14 bits per heavy atom. The van der Waals surface area contributed by atoms with Gasteiger partial charge in [-0.3, -0.25) is 4.79 Å². The zero-order valence-corrected chi connectivity index (χ0v) is 16.6. The first-order valence-electron chi connectivity index (χ1n) is 10.2. The van der Waals surface area contributed by atoms with E-state index in [0.717, 1.165) is 36.2 Å². The van der Waals surface area contributed by atoms with Crippen LogP contribution in [0.4, 0.5) is 0 Å². The molecule has 0 unspecified atom stereocenters. The summed E-state index contributed by atoms with van der Waals surface area (Å²) >= 11 is 0. The van der Waals surface area contributed by atoms with Crippen LogP contribution in [0.5, 0.6) is 5.75 Å². The minimum absolute atomic E-state index is 0.0473. The molecule has 29 heavy (non-hydrogen) atoms. The van der Waals surface area contributed by atoms with Gasteiger partial charge < -0.3 is 19.6 Å². The molecule has 148 valence electrons. The quantitative estimate of drug-likeness (QED) is 0.521. The largest absolute Gasteiger partial charge is 0.497 e. The van der Waals surface area contributed by atoms with Gasteiger partial charge in [0.1, 0.15) is 5.75 Å². The Morgan fingerprint density at radius 1 is 1.24 bits per heavy atom. The second-order valence-corrected chi connectivity index (χ2v) is 7.76. The van der Waals surface area contributed by atoms with Crippen LogP contribution >= 0.6 is 0 Å². The Bertz CT molecular complexity index is 1190. The third kappa shape index (κ3) is 3.27. The van der Waals surface area contributed by atoms with Crippen molar-refractivity contribution in [2.75, 3.05) is 7.11 Å². The van der Waals surface area contributed by atoms with Crippen LogP contribution in [-0.4, -0.2) is 22.6 Å². The van der Waals surface area contributed by atoms with E-state index in [2.05, 4.69) is 51.4 Å². The van der Waals surface area contributed by atoms with Crippen molar-refractivity contribution < 1.29 is 9.53 Å². The first kappa shape index (κ1) is 17.9. The summed E-state index contributed by atoms with van der Waals surface area (Å²) in [6, 6.07) is 16.5. The number of aryl methyl sites for hydroxylation is 2. The third-order valence-electron chi connectivity index (χ3n) is 6.01. The minimum atomic E-state index is 0.0473. The number of benzene rings is 2. The van der Waals surface area contributed by atoms with Gasteiger partial charge >= 0.3 is 0 Å². The zero-order chi connectivity index (χ0) is 19.8. The number of carbonyl (C=O) groups is 1. The van der Waals surface area contributed by atoms with Crippen molar-refractivity contribution in [2.24, 2.45) is 0 Å². The SMILES string of the molecule is COc1ccc2[nH]c3c(c2c1)CCC[C@H]3NC(=O)CCn1ccc2ccccc21. The molecule has 0 radical (unpaired) electrons. The number of nitrogens with zero attached hydrogens (tertiary/aromatic N) is 1. The lowest BCUT2D eigenvalue weighted by molar-refractivity contribution is -0.122. The standard InChI is InChI=1S/C24H25N3O2/c1-29-17-9-10-20-19(15-17)18-6-4-7-21(24(18)26-20)25-23(28)12-14-27-13-11-16-5-2-3-8-22(16)27/h2-3,5,8-11,13,15,21,26H,4,6-7,12,14H2,1H3,(H,25,28)/t21-/m1/s1. The van der Waals surface area contributed by atoms with Gasteiger partial charge in [0.05, 0.1) is 13.2 Å². The number of rotatable bonds is 5. The highest BCUT2D eigenvalue weighted by Gasteiger charge is 2.25. The molecular weight excluding hydrogens is 362 g/mol. The summed E-state index contributed by atoms with van der Waals surface area (Å²) in [6.45, 7) is 0.683. The molecule has 4 aromatic rings. The predicted molar refractivity (Wildman–Crippen MR) is 115 cm³/mol. The molecule has 0 aliphatic heterocycles. The van der Waals surface area contributed by atoms with Crippen LogP contribution in [0, 0.1) is 0 Å². The highest BCUT2D eigenvalue weighted by molar-refractivity contribution is 5.87. The highest BCUT2D eigenvalue weighted by atomic mass is 16.5. The Hall–Kier alpha value is -3.21. The topological polar surface area (TPSA) is 59.0 Å². The van der Waals surface area contributed by atoms with Crippen LogP contribution < -0.4 is 10.1 Å². The highest BCUT2D eigenvalue weighted by Crippen LogP contribution is 2.36. The molecule has 2 N–H and O–H groups in total. The van der Waals surface area contributed by atoms with E-state index in [1.54, 1.807) is 7.11 Å².